The molecule has 0 fully saturated rings. The highest BCUT2D eigenvalue weighted by molar-refractivity contribution is 5.98. The third-order valence-electron chi connectivity index (χ3n) is 4.39. The van der Waals surface area contributed by atoms with Crippen molar-refractivity contribution in [1.82, 2.24) is 15.0 Å². The molecule has 3 rings (SSSR count). The van der Waals surface area contributed by atoms with Gasteiger partial charge < -0.3 is 14.4 Å². The van der Waals surface area contributed by atoms with Crippen molar-refractivity contribution in [3.63, 3.8) is 0 Å². The summed E-state index contributed by atoms with van der Waals surface area (Å²) in [6.07, 6.45) is 1.22. The fraction of sp³-hybridized carbons (Fsp3) is 0.211. The highest BCUT2D eigenvalue weighted by Gasteiger charge is 2.19. The minimum atomic E-state index is -0.736. The van der Waals surface area contributed by atoms with Crippen LogP contribution >= 0.6 is 0 Å². The summed E-state index contributed by atoms with van der Waals surface area (Å²) in [5.74, 6) is -0.235. The van der Waals surface area contributed by atoms with Gasteiger partial charge in [-0.05, 0) is 38.1 Å². The van der Waals surface area contributed by atoms with Crippen LogP contribution in [0.3, 0.4) is 0 Å². The third-order valence-corrected chi connectivity index (χ3v) is 4.39. The van der Waals surface area contributed by atoms with Crippen LogP contribution in [0, 0.1) is 17.0 Å². The quantitative estimate of drug-likeness (QED) is 0.373. The number of phenolic OH excluding ortho intramolecular Hbond substituents is 1. The van der Waals surface area contributed by atoms with Crippen molar-refractivity contribution in [3.05, 3.63) is 57.4 Å². The van der Waals surface area contributed by atoms with Crippen molar-refractivity contribution in [2.24, 2.45) is 5.10 Å². The van der Waals surface area contributed by atoms with Crippen molar-refractivity contribution < 1.29 is 19.6 Å². The molecule has 10 heteroatoms. The molecular formula is C19H19N5O5. The first kappa shape index (κ1) is 19.8. The fourth-order valence-corrected chi connectivity index (χ4v) is 3.00. The van der Waals surface area contributed by atoms with Crippen LogP contribution in [0.1, 0.15) is 28.7 Å². The van der Waals surface area contributed by atoms with E-state index in [1.165, 1.54) is 19.4 Å². The molecule has 29 heavy (non-hydrogen) atoms. The maximum Gasteiger partial charge on any atom is 0.315 e. The zero-order valence-corrected chi connectivity index (χ0v) is 16.0. The summed E-state index contributed by atoms with van der Waals surface area (Å²) in [6.45, 7) is 4.70. The Bertz CT molecular complexity index is 1140. The second kappa shape index (κ2) is 7.97. The molecule has 0 unspecified atom stereocenters. The van der Waals surface area contributed by atoms with Gasteiger partial charge in [0.1, 0.15) is 5.82 Å². The number of benzene rings is 2. The van der Waals surface area contributed by atoms with Gasteiger partial charge in [0.15, 0.2) is 5.75 Å². The number of methoxy groups -OCH3 is 1. The lowest BCUT2D eigenvalue weighted by molar-refractivity contribution is -0.386. The highest BCUT2D eigenvalue weighted by Crippen LogP contribution is 2.36. The second-order valence-corrected chi connectivity index (χ2v) is 6.15. The lowest BCUT2D eigenvalue weighted by atomic mass is 10.2. The summed E-state index contributed by atoms with van der Waals surface area (Å²) in [6, 6.07) is 7.66. The van der Waals surface area contributed by atoms with Crippen molar-refractivity contribution in [2.75, 3.05) is 7.11 Å². The van der Waals surface area contributed by atoms with E-state index in [1.54, 1.807) is 12.1 Å². The van der Waals surface area contributed by atoms with Crippen LogP contribution in [0.4, 0.5) is 5.69 Å². The van der Waals surface area contributed by atoms with Crippen molar-refractivity contribution in [1.29, 1.82) is 0 Å². The standard InChI is InChI=1S/C19H19N5O5/c1-4-23-11(2)21-14-9-13(5-6-15(14)23)19(26)22-20-10-12-7-16(24(27)28)18(25)17(8-12)29-3/h5-10,25H,4H2,1-3H3,(H,22,26)/b20-10+. The lowest BCUT2D eigenvalue weighted by Gasteiger charge is -2.05. The maximum absolute atomic E-state index is 12.4. The number of hydrazone groups is 1. The summed E-state index contributed by atoms with van der Waals surface area (Å²) in [5.41, 5.74) is 4.15. The number of rotatable bonds is 6. The maximum atomic E-state index is 12.4. The molecule has 1 heterocycles. The molecule has 0 aliphatic heterocycles. The molecule has 150 valence electrons. The Hall–Kier alpha value is -3.95. The van der Waals surface area contributed by atoms with Crippen molar-refractivity contribution in [3.8, 4) is 11.5 Å². The molecule has 10 nitrogen and oxygen atoms in total. The molecule has 0 bridgehead atoms. The summed E-state index contributed by atoms with van der Waals surface area (Å²) >= 11 is 0. The molecule has 0 spiro atoms. The molecule has 2 N–H and O–H groups in total. The Balaban J connectivity index is 1.80. The van der Waals surface area contributed by atoms with Gasteiger partial charge in [-0.3, -0.25) is 14.9 Å². The fourth-order valence-electron chi connectivity index (χ4n) is 3.00. The summed E-state index contributed by atoms with van der Waals surface area (Å²) in [4.78, 5) is 27.1. The van der Waals surface area contributed by atoms with Gasteiger partial charge in [-0.1, -0.05) is 0 Å². The van der Waals surface area contributed by atoms with E-state index in [1.807, 2.05) is 24.5 Å². The molecule has 1 amide bonds. The molecule has 0 atom stereocenters. The van der Waals surface area contributed by atoms with E-state index in [4.69, 9.17) is 4.74 Å². The average Bonchev–Trinajstić information content (AvgIpc) is 3.02. The number of aromatic hydroxyl groups is 1. The molecule has 0 aliphatic carbocycles. The Kier molecular flexibility index (Phi) is 5.44. The first-order valence-electron chi connectivity index (χ1n) is 8.71. The van der Waals surface area contributed by atoms with E-state index < -0.39 is 22.3 Å². The zero-order chi connectivity index (χ0) is 21.1. The summed E-state index contributed by atoms with van der Waals surface area (Å²) < 4.78 is 6.96. The van der Waals surface area contributed by atoms with Crippen LogP contribution in [-0.4, -0.2) is 38.8 Å². The Morgan fingerprint density at radius 1 is 1.41 bits per heavy atom. The van der Waals surface area contributed by atoms with Gasteiger partial charge in [-0.15, -0.1) is 0 Å². The second-order valence-electron chi connectivity index (χ2n) is 6.15. The first-order valence-corrected chi connectivity index (χ1v) is 8.71. The number of carbonyl (C=O) groups excluding carboxylic acids is 1. The van der Waals surface area contributed by atoms with Gasteiger partial charge in [0.2, 0.25) is 5.75 Å². The summed E-state index contributed by atoms with van der Waals surface area (Å²) in [5, 5.41) is 24.6. The molecule has 2 aromatic carbocycles. The number of imidazole rings is 1. The van der Waals surface area contributed by atoms with Gasteiger partial charge in [0.05, 0.1) is 29.3 Å². The van der Waals surface area contributed by atoms with Gasteiger partial charge in [-0.25, -0.2) is 10.4 Å². The van der Waals surface area contributed by atoms with E-state index in [9.17, 15) is 20.0 Å². The minimum absolute atomic E-state index is 0.0701. The topological polar surface area (TPSA) is 132 Å². The van der Waals surface area contributed by atoms with Crippen LogP contribution in [-0.2, 0) is 6.54 Å². The van der Waals surface area contributed by atoms with Gasteiger partial charge in [0.25, 0.3) is 5.91 Å². The van der Waals surface area contributed by atoms with Crippen molar-refractivity contribution >= 4 is 28.8 Å². The van der Waals surface area contributed by atoms with E-state index in [0.29, 0.717) is 11.1 Å². The number of amides is 1. The Labute approximate surface area is 165 Å². The number of ether oxygens (including phenoxy) is 1. The van der Waals surface area contributed by atoms with Gasteiger partial charge in [0, 0.05) is 23.7 Å². The monoisotopic (exact) mass is 397 g/mol. The number of nitrogens with zero attached hydrogens (tertiary/aromatic N) is 4. The van der Waals surface area contributed by atoms with Gasteiger partial charge >= 0.3 is 5.69 Å². The molecular weight excluding hydrogens is 378 g/mol. The molecule has 0 saturated heterocycles. The van der Waals surface area contributed by atoms with Crippen molar-refractivity contribution in [2.45, 2.75) is 20.4 Å². The van der Waals surface area contributed by atoms with Gasteiger partial charge in [-0.2, -0.15) is 5.10 Å². The summed E-state index contributed by atoms with van der Waals surface area (Å²) in [7, 11) is 1.28. The molecule has 3 aromatic rings. The van der Waals surface area contributed by atoms with E-state index >= 15 is 0 Å². The van der Waals surface area contributed by atoms with Crippen LogP contribution < -0.4 is 10.2 Å². The SMILES string of the molecule is CCn1c(C)nc2cc(C(=O)N/N=C/c3cc(OC)c(O)c([N+](=O)[O-])c3)ccc21. The normalized spacial score (nSPS) is 11.1. The predicted molar refractivity (Wildman–Crippen MR) is 107 cm³/mol. The molecule has 1 aromatic heterocycles. The van der Waals surface area contributed by atoms with Crippen LogP contribution in [0.2, 0.25) is 0 Å². The number of fused-ring (bicyclic) bond motifs is 1. The van der Waals surface area contributed by atoms with E-state index in [2.05, 4.69) is 15.5 Å². The number of carbonyl (C=O) groups is 1. The number of nitro benzene ring substituents is 1. The number of nitro groups is 1. The molecule has 0 radical (unpaired) electrons. The molecule has 0 aliphatic rings. The Morgan fingerprint density at radius 3 is 2.83 bits per heavy atom. The number of phenols is 1. The average molecular weight is 397 g/mol. The Morgan fingerprint density at radius 2 is 2.17 bits per heavy atom. The van der Waals surface area contributed by atoms with Crippen LogP contribution in [0.15, 0.2) is 35.4 Å². The largest absolute Gasteiger partial charge is 0.500 e. The van der Waals surface area contributed by atoms with Crippen LogP contribution in [0.25, 0.3) is 11.0 Å². The van der Waals surface area contributed by atoms with E-state index in [-0.39, 0.29) is 11.3 Å². The van der Waals surface area contributed by atoms with E-state index in [0.717, 1.165) is 24.0 Å². The van der Waals surface area contributed by atoms with Crippen LogP contribution in [0.5, 0.6) is 11.5 Å². The number of aryl methyl sites for hydroxylation is 2. The number of aromatic nitrogens is 2. The number of hydrogen-bond donors (Lipinski definition) is 2. The number of nitrogens with one attached hydrogen (secondary N) is 1. The zero-order valence-electron chi connectivity index (χ0n) is 16.0. The predicted octanol–water partition coefficient (Wildman–Crippen LogP) is 2.75. The number of hydrogen-bond acceptors (Lipinski definition) is 7. The third kappa shape index (κ3) is 3.86. The minimum Gasteiger partial charge on any atom is -0.500 e. The smallest absolute Gasteiger partial charge is 0.315 e. The first-order chi connectivity index (χ1) is 13.8. The lowest BCUT2D eigenvalue weighted by Crippen LogP contribution is -2.17. The highest BCUT2D eigenvalue weighted by atomic mass is 16.6. The molecule has 0 saturated carbocycles.